The van der Waals surface area contributed by atoms with E-state index < -0.39 is 11.7 Å². The average molecular weight is 281 g/mol. The van der Waals surface area contributed by atoms with Crippen LogP contribution in [0.15, 0.2) is 24.3 Å². The maximum atomic E-state index is 12.0. The van der Waals surface area contributed by atoms with Crippen LogP contribution in [0.2, 0.25) is 0 Å². The first-order valence-corrected chi connectivity index (χ1v) is 6.37. The van der Waals surface area contributed by atoms with Gasteiger partial charge in [0.1, 0.15) is 11.5 Å². The highest BCUT2D eigenvalue weighted by Crippen LogP contribution is 2.21. The Hall–Kier alpha value is -2.24. The molecule has 0 heterocycles. The summed E-state index contributed by atoms with van der Waals surface area (Å²) >= 11 is 0. The quantitative estimate of drug-likeness (QED) is 0.611. The molecule has 20 heavy (non-hydrogen) atoms. The molecule has 1 rings (SSSR count). The number of nitrogens with one attached hydrogen (secondary N) is 1. The normalized spacial score (nSPS) is 13.2. The predicted octanol–water partition coefficient (Wildman–Crippen LogP) is 1.58. The van der Waals surface area contributed by atoms with E-state index in [1.807, 2.05) is 0 Å². The Kier molecular flexibility index (Phi) is 5.37. The van der Waals surface area contributed by atoms with E-state index in [9.17, 15) is 14.7 Å². The van der Waals surface area contributed by atoms with Gasteiger partial charge in [-0.05, 0) is 31.2 Å². The fourth-order valence-corrected chi connectivity index (χ4v) is 1.49. The number of phenols is 1. The van der Waals surface area contributed by atoms with E-state index in [1.165, 1.54) is 31.2 Å². The van der Waals surface area contributed by atoms with E-state index >= 15 is 0 Å². The molecule has 0 bridgehead atoms. The molecule has 0 saturated heterocycles. The van der Waals surface area contributed by atoms with Gasteiger partial charge < -0.3 is 19.9 Å². The van der Waals surface area contributed by atoms with Crippen LogP contribution in [0, 0.1) is 0 Å². The smallest absolute Gasteiger partial charge is 0.372 e. The average Bonchev–Trinajstić information content (AvgIpc) is 2.41. The van der Waals surface area contributed by atoms with E-state index in [1.54, 1.807) is 13.8 Å². The molecule has 0 radical (unpaired) electrons. The van der Waals surface area contributed by atoms with Crippen LogP contribution in [0.1, 0.15) is 27.2 Å². The van der Waals surface area contributed by atoms with Gasteiger partial charge in [-0.1, -0.05) is 6.92 Å². The Bertz CT molecular complexity index is 471. The van der Waals surface area contributed by atoms with Crippen molar-refractivity contribution in [1.82, 2.24) is 5.32 Å². The Balaban J connectivity index is 2.94. The number of carbonyl (C=O) groups is 2. The lowest BCUT2D eigenvalue weighted by atomic mass is 10.2. The van der Waals surface area contributed by atoms with Gasteiger partial charge in [-0.15, -0.1) is 0 Å². The lowest BCUT2D eigenvalue weighted by molar-refractivity contribution is -0.165. The lowest BCUT2D eigenvalue weighted by Crippen LogP contribution is -2.57. The van der Waals surface area contributed by atoms with Crippen molar-refractivity contribution in [3.63, 3.8) is 0 Å². The van der Waals surface area contributed by atoms with Gasteiger partial charge in [0.15, 0.2) is 0 Å². The van der Waals surface area contributed by atoms with Crippen LogP contribution in [-0.2, 0) is 14.3 Å². The number of esters is 1. The van der Waals surface area contributed by atoms with Crippen LogP contribution < -0.4 is 10.1 Å². The molecule has 0 aliphatic heterocycles. The van der Waals surface area contributed by atoms with E-state index in [2.05, 4.69) is 5.32 Å². The number of hydrogen-bond acceptors (Lipinski definition) is 5. The summed E-state index contributed by atoms with van der Waals surface area (Å²) in [6, 6.07) is 5.82. The molecule has 2 N–H and O–H groups in total. The third kappa shape index (κ3) is 4.15. The molecule has 1 aromatic rings. The van der Waals surface area contributed by atoms with Crippen molar-refractivity contribution < 1.29 is 24.2 Å². The number of aromatic hydroxyl groups is 1. The largest absolute Gasteiger partial charge is 0.508 e. The van der Waals surface area contributed by atoms with Crippen molar-refractivity contribution in [1.29, 1.82) is 0 Å². The number of phenolic OH excluding ortho intramolecular Hbond substituents is 1. The molecular formula is C14H19NO5. The topological polar surface area (TPSA) is 84.9 Å². The SMILES string of the molecule is CCOC(=O)[C@](C)(NC(=O)CC)Oc1ccc(O)cc1. The Morgan fingerprint density at radius 2 is 1.85 bits per heavy atom. The standard InChI is InChI=1S/C14H19NO5/c1-4-12(17)15-14(3,13(18)19-5-2)20-11-8-6-10(16)7-9-11/h6-9,16H,4-5H2,1-3H3,(H,15,17)/t14-/m1/s1. The number of hydrogen-bond donors (Lipinski definition) is 2. The van der Waals surface area contributed by atoms with E-state index in [0.29, 0.717) is 5.75 Å². The molecule has 0 fully saturated rings. The van der Waals surface area contributed by atoms with Gasteiger partial charge in [-0.3, -0.25) is 4.79 Å². The van der Waals surface area contributed by atoms with Gasteiger partial charge in [-0.2, -0.15) is 0 Å². The molecule has 0 unspecified atom stereocenters. The number of ether oxygens (including phenoxy) is 2. The summed E-state index contributed by atoms with van der Waals surface area (Å²) in [6.07, 6.45) is 0.216. The van der Waals surface area contributed by atoms with Crippen molar-refractivity contribution in [2.75, 3.05) is 6.61 Å². The highest BCUT2D eigenvalue weighted by atomic mass is 16.6. The maximum Gasteiger partial charge on any atom is 0.372 e. The Morgan fingerprint density at radius 1 is 1.25 bits per heavy atom. The first kappa shape index (κ1) is 15.8. The summed E-state index contributed by atoms with van der Waals surface area (Å²) in [5.74, 6) is -0.614. The summed E-state index contributed by atoms with van der Waals surface area (Å²) in [5.41, 5.74) is -1.61. The number of amides is 1. The zero-order chi connectivity index (χ0) is 15.2. The highest BCUT2D eigenvalue weighted by Gasteiger charge is 2.38. The van der Waals surface area contributed by atoms with Gasteiger partial charge in [-0.25, -0.2) is 4.79 Å². The zero-order valence-electron chi connectivity index (χ0n) is 11.8. The maximum absolute atomic E-state index is 12.0. The molecule has 1 amide bonds. The highest BCUT2D eigenvalue weighted by molar-refractivity contribution is 5.86. The number of rotatable bonds is 6. The summed E-state index contributed by atoms with van der Waals surface area (Å²) in [7, 11) is 0. The predicted molar refractivity (Wildman–Crippen MR) is 72.2 cm³/mol. The second kappa shape index (κ2) is 6.79. The first-order valence-electron chi connectivity index (χ1n) is 6.37. The van der Waals surface area contributed by atoms with E-state index in [4.69, 9.17) is 9.47 Å². The molecule has 1 aromatic carbocycles. The van der Waals surface area contributed by atoms with E-state index in [0.717, 1.165) is 0 Å². The zero-order valence-corrected chi connectivity index (χ0v) is 11.8. The van der Waals surface area contributed by atoms with Crippen molar-refractivity contribution in [2.45, 2.75) is 32.9 Å². The summed E-state index contributed by atoms with van der Waals surface area (Å²) in [6.45, 7) is 4.93. The van der Waals surface area contributed by atoms with Gasteiger partial charge in [0.05, 0.1) is 6.61 Å². The van der Waals surface area contributed by atoms with Crippen LogP contribution in [0.5, 0.6) is 11.5 Å². The van der Waals surface area contributed by atoms with Gasteiger partial charge in [0.2, 0.25) is 5.91 Å². The van der Waals surface area contributed by atoms with Gasteiger partial charge in [0.25, 0.3) is 5.72 Å². The summed E-state index contributed by atoms with van der Waals surface area (Å²) in [5, 5.41) is 11.7. The van der Waals surface area contributed by atoms with Crippen LogP contribution in [-0.4, -0.2) is 29.3 Å². The monoisotopic (exact) mass is 281 g/mol. The Morgan fingerprint density at radius 3 is 2.35 bits per heavy atom. The van der Waals surface area contributed by atoms with Crippen LogP contribution in [0.4, 0.5) is 0 Å². The molecule has 1 atom stereocenters. The third-order valence-electron chi connectivity index (χ3n) is 2.52. The number of carbonyl (C=O) groups excluding carboxylic acids is 2. The van der Waals surface area contributed by atoms with Crippen LogP contribution in [0.25, 0.3) is 0 Å². The fourth-order valence-electron chi connectivity index (χ4n) is 1.49. The van der Waals surface area contributed by atoms with Crippen molar-refractivity contribution in [3.05, 3.63) is 24.3 Å². The third-order valence-corrected chi connectivity index (χ3v) is 2.52. The molecule has 6 nitrogen and oxygen atoms in total. The molecule has 0 saturated carbocycles. The van der Waals surface area contributed by atoms with Crippen LogP contribution >= 0.6 is 0 Å². The molecule has 0 spiro atoms. The molecule has 0 aromatic heterocycles. The van der Waals surface area contributed by atoms with Crippen molar-refractivity contribution >= 4 is 11.9 Å². The minimum Gasteiger partial charge on any atom is -0.508 e. The van der Waals surface area contributed by atoms with Gasteiger partial charge in [0, 0.05) is 13.3 Å². The summed E-state index contributed by atoms with van der Waals surface area (Å²) in [4.78, 5) is 23.5. The molecule has 0 aliphatic carbocycles. The molecule has 0 aliphatic rings. The van der Waals surface area contributed by atoms with Gasteiger partial charge >= 0.3 is 5.97 Å². The minimum atomic E-state index is -1.61. The fraction of sp³-hybridized carbons (Fsp3) is 0.429. The van der Waals surface area contributed by atoms with E-state index in [-0.39, 0.29) is 24.7 Å². The second-order valence-corrected chi connectivity index (χ2v) is 4.25. The Labute approximate surface area is 117 Å². The molecular weight excluding hydrogens is 262 g/mol. The molecule has 6 heteroatoms. The second-order valence-electron chi connectivity index (χ2n) is 4.25. The number of benzene rings is 1. The minimum absolute atomic E-state index is 0.0766. The molecule has 110 valence electrons. The first-order chi connectivity index (χ1) is 9.41. The van der Waals surface area contributed by atoms with Crippen LogP contribution in [0.3, 0.4) is 0 Å². The lowest BCUT2D eigenvalue weighted by Gasteiger charge is -2.29. The summed E-state index contributed by atoms with van der Waals surface area (Å²) < 4.78 is 10.4. The van der Waals surface area contributed by atoms with Crippen molar-refractivity contribution in [3.8, 4) is 11.5 Å². The van der Waals surface area contributed by atoms with Crippen molar-refractivity contribution in [2.24, 2.45) is 0 Å².